The molecule has 3 aromatic heterocycles. The number of aromatic nitrogens is 9. The van der Waals surface area contributed by atoms with Gasteiger partial charge in [-0.1, -0.05) is 79.3 Å². The van der Waals surface area contributed by atoms with Crippen LogP contribution in [-0.4, -0.2) is 91.4 Å². The Bertz CT molecular complexity index is 4620. The molecule has 494 valence electrons. The zero-order valence-corrected chi connectivity index (χ0v) is 62.6. The topological polar surface area (TPSA) is 241 Å². The number of carbonyl (C=O) groups is 3. The maximum atomic E-state index is 12.0. The van der Waals surface area contributed by atoms with Crippen molar-refractivity contribution in [1.82, 2.24) is 45.0 Å². The molecule has 3 N–H and O–H groups in total. The fourth-order valence-electron chi connectivity index (χ4n) is 14.2. The van der Waals surface area contributed by atoms with Crippen molar-refractivity contribution in [2.75, 3.05) is 13.2 Å². The number of phenols is 2. The summed E-state index contributed by atoms with van der Waals surface area (Å²) in [6.07, 6.45) is 14.1. The number of esters is 3. The van der Waals surface area contributed by atoms with Gasteiger partial charge in [-0.3, -0.25) is 0 Å². The van der Waals surface area contributed by atoms with Crippen LogP contribution in [0.1, 0.15) is 104 Å². The third-order valence-electron chi connectivity index (χ3n) is 18.9. The van der Waals surface area contributed by atoms with Gasteiger partial charge in [-0.2, -0.15) is 44.1 Å². The Hall–Kier alpha value is -8.11. The van der Waals surface area contributed by atoms with Crippen molar-refractivity contribution >= 4 is 56.7 Å². The Morgan fingerprint density at radius 1 is 0.604 bits per heavy atom. The standard InChI is InChI=1S/2C25H24N3O3.C24H24N3O4.3W/c1-14(2)25(30)31-13-17-5-4-6-23(24(17)29)28-26-21-8-7-16(12-22(21)27-28)20-11-18-10-19(20)9-15(18)3;1-14(2)25(30)31-13-19-10-18(20-11-16-9-17(20)8-15(16)3)12-23(24(19)29)28-26-21-6-4-5-7-22(21)27-28;1-13(2)24(29)31-9-8-30-20-12-19(27-25-17-6-4-5-7-18(17)26-27)23(28)22-16-11-15(21(20)22)10-14(16)3;;;/h4-9,11-12,18-20,29H,1,10,13H2,2-3H3;4,6-8,10,12,16-17,20,29H,1,9,11,13H2,2-3H3;4,6-7,10,12,15-16,21-22,28H,1,8-9,11H2,2-3H3;;;/q3*-1;;;/i4D;11D;;;;. The van der Waals surface area contributed by atoms with Crippen LogP contribution < -0.4 is 0 Å². The minimum atomic E-state index is -0.556. The van der Waals surface area contributed by atoms with E-state index in [4.69, 9.17) is 21.7 Å². The number of carbonyl (C=O) groups excluding carboxylic acids is 3. The maximum Gasteiger partial charge on any atom is 0.333 e. The number of ether oxygens (including phenoxy) is 4. The Kier molecular flexibility index (Phi) is 20.7. The second-order valence-electron chi connectivity index (χ2n) is 25.3. The maximum absolute atomic E-state index is 12.0. The van der Waals surface area contributed by atoms with Crippen LogP contribution in [0, 0.1) is 65.9 Å². The van der Waals surface area contributed by atoms with Gasteiger partial charge in [-0.05, 0) is 132 Å². The number of phenolic OH excluding ortho intramolecular Hbond substituents is 2. The van der Waals surface area contributed by atoms with E-state index in [1.165, 1.54) is 55.2 Å². The molecule has 7 aliphatic rings. The Morgan fingerprint density at radius 3 is 1.81 bits per heavy atom. The van der Waals surface area contributed by atoms with Crippen molar-refractivity contribution in [3.05, 3.63) is 215 Å². The monoisotopic (exact) mass is 1800 g/mol. The van der Waals surface area contributed by atoms with E-state index in [-0.39, 0.29) is 166 Å². The summed E-state index contributed by atoms with van der Waals surface area (Å²) in [6.45, 7) is 22.0. The fourth-order valence-corrected chi connectivity index (χ4v) is 14.2. The summed E-state index contributed by atoms with van der Waals surface area (Å²) in [5.74, 6) is 2.02. The van der Waals surface area contributed by atoms with E-state index in [2.05, 4.69) is 120 Å². The van der Waals surface area contributed by atoms with Gasteiger partial charge in [0.1, 0.15) is 77.6 Å². The number of aromatic hydroxyl groups is 2. The molecular weight excluding hydrogens is 1730 g/mol. The molecule has 11 unspecified atom stereocenters. The van der Waals surface area contributed by atoms with Crippen LogP contribution >= 0.6 is 0 Å². The second-order valence-corrected chi connectivity index (χ2v) is 25.3. The summed E-state index contributed by atoms with van der Waals surface area (Å²) >= 11 is 0. The zero-order valence-electron chi connectivity index (χ0n) is 55.8. The number of fused-ring (bicyclic) bond motifs is 12. The Morgan fingerprint density at radius 2 is 1.19 bits per heavy atom. The summed E-state index contributed by atoms with van der Waals surface area (Å²) in [4.78, 5) is 39.5. The molecule has 19 nitrogen and oxygen atoms in total. The first-order chi connectivity index (χ1) is 45.6. The Balaban J connectivity index is 0.000000157. The predicted molar refractivity (Wildman–Crippen MR) is 349 cm³/mol. The van der Waals surface area contributed by atoms with Crippen LogP contribution in [0.5, 0.6) is 11.5 Å². The molecule has 5 aromatic carbocycles. The molecule has 3 saturated carbocycles. The minimum Gasteiger partial charge on any atom is -0.510 e. The average Bonchev–Trinajstić information content (AvgIpc) is 1.56. The van der Waals surface area contributed by atoms with Gasteiger partial charge < -0.3 is 40.7 Å². The molecule has 0 spiro atoms. The molecule has 3 heterocycles. The van der Waals surface area contributed by atoms with Crippen molar-refractivity contribution in [1.29, 1.82) is 0 Å². The van der Waals surface area contributed by atoms with Gasteiger partial charge in [0.05, 0.1) is 1.37 Å². The summed E-state index contributed by atoms with van der Waals surface area (Å²) in [5.41, 5.74) is 13.3. The second kappa shape index (κ2) is 29.3. The summed E-state index contributed by atoms with van der Waals surface area (Å²) < 4.78 is 38.6. The quantitative estimate of drug-likeness (QED) is 0.0203. The number of aliphatic hydroxyl groups excluding tert-OH is 1. The number of benzene rings is 5. The van der Waals surface area contributed by atoms with Gasteiger partial charge in [0.15, 0.2) is 0 Å². The van der Waals surface area contributed by atoms with Crippen molar-refractivity contribution < 1.29 is 115 Å². The van der Waals surface area contributed by atoms with E-state index in [1.54, 1.807) is 51.1 Å². The fraction of sp³-hybridized carbons (Fsp3) is 0.324. The first-order valence-corrected chi connectivity index (χ1v) is 31.2. The van der Waals surface area contributed by atoms with Crippen LogP contribution in [0.25, 0.3) is 50.2 Å². The largest absolute Gasteiger partial charge is 0.510 e. The van der Waals surface area contributed by atoms with E-state index in [1.807, 2.05) is 30.3 Å². The predicted octanol–water partition coefficient (Wildman–Crippen LogP) is 13.1. The Labute approximate surface area is 602 Å². The molecule has 15 rings (SSSR count). The van der Waals surface area contributed by atoms with E-state index in [0.717, 1.165) is 35.2 Å². The molecule has 0 saturated heterocycles. The summed E-state index contributed by atoms with van der Waals surface area (Å²) in [6, 6.07) is 29.5. The smallest absolute Gasteiger partial charge is 0.333 e. The molecule has 22 heteroatoms. The number of aliphatic hydroxyl groups is 1. The number of para-hydroxylation sites is 1. The van der Waals surface area contributed by atoms with Gasteiger partial charge in [0.2, 0.25) is 0 Å². The first-order valence-electron chi connectivity index (χ1n) is 32.2. The van der Waals surface area contributed by atoms with Crippen LogP contribution in [-0.2, 0) is 110 Å². The van der Waals surface area contributed by atoms with Crippen molar-refractivity contribution in [3.63, 3.8) is 0 Å². The normalized spacial score (nSPS) is 23.8. The number of allylic oxidation sites excluding steroid dienone is 10. The first kappa shape index (κ1) is 67.9. The van der Waals surface area contributed by atoms with Crippen LogP contribution in [0.3, 0.4) is 0 Å². The van der Waals surface area contributed by atoms with Gasteiger partial charge in [0.25, 0.3) is 0 Å². The van der Waals surface area contributed by atoms with Crippen LogP contribution in [0.2, 0.25) is 0 Å². The molecule has 3 fully saturated rings. The molecule has 0 radical (unpaired) electrons. The molecule has 96 heavy (non-hydrogen) atoms. The van der Waals surface area contributed by atoms with Crippen molar-refractivity contribution in [2.24, 2.45) is 47.3 Å². The number of hydrogen-bond acceptors (Lipinski definition) is 16. The number of rotatable bonds is 16. The number of nitrogens with zero attached hydrogens (tertiary/aromatic N) is 9. The van der Waals surface area contributed by atoms with Crippen LogP contribution in [0.15, 0.2) is 174 Å². The molecule has 0 amide bonds. The van der Waals surface area contributed by atoms with E-state index < -0.39 is 17.9 Å². The SMILES string of the molecule is C=C(C)C(=O)OCCOC1=CC(n2nc3c[c-]ccc3n2)=C(O)C2C3CC(C=C3C)C12.[2H]C1C2CC(C=C2C)C1c1cc(COC(=O)C(=C)C)c(O)c(-n2nc3c[c-]ccc3n2)c1.[2H]c1cc(COC(=O)C(=C)C)c(O)c(-n2nc3ccc(C4[CH-]C5CC4C=C5C)cc3n2)c1.[W].[W].[W]. The molecule has 0 aliphatic heterocycles. The van der Waals surface area contributed by atoms with Crippen molar-refractivity contribution in [2.45, 2.75) is 92.3 Å². The molecule has 7 aliphatic carbocycles. The molecule has 11 atom stereocenters. The van der Waals surface area contributed by atoms with Gasteiger partial charge in [-0.15, -0.1) is 56.7 Å². The summed E-state index contributed by atoms with van der Waals surface area (Å²) in [5, 5.41) is 60.1. The van der Waals surface area contributed by atoms with Crippen LogP contribution in [0.4, 0.5) is 0 Å². The summed E-state index contributed by atoms with van der Waals surface area (Å²) in [7, 11) is 0. The molecule has 6 bridgehead atoms. The minimum absolute atomic E-state index is 0. The molecule has 8 aromatic rings. The molecular formula is C74H72N9O10W3-3. The van der Waals surface area contributed by atoms with Gasteiger partial charge in [-0.25, -0.2) is 24.6 Å². The third-order valence-corrected chi connectivity index (χ3v) is 18.9. The average molecular weight is 1800 g/mol. The zero-order chi connectivity index (χ0) is 66.8. The van der Waals surface area contributed by atoms with Gasteiger partial charge >= 0.3 is 17.9 Å². The third kappa shape index (κ3) is 14.1. The van der Waals surface area contributed by atoms with Gasteiger partial charge in [0, 0.05) is 132 Å². The van der Waals surface area contributed by atoms with E-state index in [0.29, 0.717) is 79.6 Å². The number of hydrogen-bond donors (Lipinski definition) is 3. The van der Waals surface area contributed by atoms with E-state index in [9.17, 15) is 29.7 Å². The van der Waals surface area contributed by atoms with E-state index >= 15 is 0 Å². The van der Waals surface area contributed by atoms with Crippen molar-refractivity contribution in [3.8, 4) is 22.9 Å².